The molecule has 1 saturated heterocycles. The zero-order chi connectivity index (χ0) is 23.5. The number of carbonyl (C=O) groups excluding carboxylic acids is 2. The Bertz CT molecular complexity index is 1230. The molecule has 8 nitrogen and oxygen atoms in total. The number of methoxy groups -OCH3 is 2. The van der Waals surface area contributed by atoms with E-state index in [0.29, 0.717) is 11.3 Å². The molecule has 0 aliphatic carbocycles. The first-order valence-corrected chi connectivity index (χ1v) is 10.3. The van der Waals surface area contributed by atoms with Crippen LogP contribution in [0.2, 0.25) is 5.02 Å². The van der Waals surface area contributed by atoms with Crippen molar-refractivity contribution in [1.82, 2.24) is 14.9 Å². The SMILES string of the molecule is COc1cc(OC)c(/C(O)=C2\C(=O)C(=O)N(Cc3cccnc3)C2c2ccncc2)cc1Cl. The van der Waals surface area contributed by atoms with Gasteiger partial charge in [0.2, 0.25) is 0 Å². The molecular weight excluding hydrogens is 446 g/mol. The van der Waals surface area contributed by atoms with Gasteiger partial charge < -0.3 is 19.5 Å². The highest BCUT2D eigenvalue weighted by Crippen LogP contribution is 2.43. The van der Waals surface area contributed by atoms with Gasteiger partial charge in [-0.3, -0.25) is 19.6 Å². The van der Waals surface area contributed by atoms with Crippen LogP contribution in [0.25, 0.3) is 5.76 Å². The van der Waals surface area contributed by atoms with E-state index in [1.165, 1.54) is 31.3 Å². The zero-order valence-corrected chi connectivity index (χ0v) is 18.6. The second-order valence-electron chi connectivity index (χ2n) is 7.26. The Morgan fingerprint density at radius 3 is 2.42 bits per heavy atom. The van der Waals surface area contributed by atoms with E-state index in [9.17, 15) is 14.7 Å². The van der Waals surface area contributed by atoms with Crippen LogP contribution in [0, 0.1) is 0 Å². The number of likely N-dealkylation sites (tertiary alicyclic amines) is 1. The fourth-order valence-electron chi connectivity index (χ4n) is 3.81. The molecule has 1 amide bonds. The lowest BCUT2D eigenvalue weighted by Gasteiger charge is -2.25. The van der Waals surface area contributed by atoms with Gasteiger partial charge in [-0.05, 0) is 35.4 Å². The van der Waals surface area contributed by atoms with E-state index in [1.54, 1.807) is 43.0 Å². The predicted octanol–water partition coefficient (Wildman–Crippen LogP) is 3.77. The van der Waals surface area contributed by atoms with Crippen molar-refractivity contribution in [1.29, 1.82) is 0 Å². The molecule has 0 saturated carbocycles. The van der Waals surface area contributed by atoms with E-state index in [0.717, 1.165) is 5.56 Å². The van der Waals surface area contributed by atoms with Crippen LogP contribution in [-0.4, -0.2) is 45.9 Å². The summed E-state index contributed by atoms with van der Waals surface area (Å²) in [5.74, 6) is -1.37. The molecule has 1 unspecified atom stereocenters. The summed E-state index contributed by atoms with van der Waals surface area (Å²) in [7, 11) is 2.87. The summed E-state index contributed by atoms with van der Waals surface area (Å²) < 4.78 is 10.6. The van der Waals surface area contributed by atoms with Crippen LogP contribution in [0.3, 0.4) is 0 Å². The summed E-state index contributed by atoms with van der Waals surface area (Å²) in [6.07, 6.45) is 6.36. The molecule has 1 atom stereocenters. The monoisotopic (exact) mass is 465 g/mol. The van der Waals surface area contributed by atoms with E-state index in [1.807, 2.05) is 6.07 Å². The number of hydrogen-bond donors (Lipinski definition) is 1. The van der Waals surface area contributed by atoms with Crippen molar-refractivity contribution in [3.8, 4) is 11.5 Å². The highest BCUT2D eigenvalue weighted by molar-refractivity contribution is 6.46. The lowest BCUT2D eigenvalue weighted by atomic mass is 9.95. The number of halogens is 1. The van der Waals surface area contributed by atoms with Crippen molar-refractivity contribution < 1.29 is 24.2 Å². The molecule has 1 aliphatic rings. The van der Waals surface area contributed by atoms with Gasteiger partial charge in [0.05, 0.1) is 36.4 Å². The summed E-state index contributed by atoms with van der Waals surface area (Å²) in [6.45, 7) is 0.128. The van der Waals surface area contributed by atoms with Crippen LogP contribution in [0.5, 0.6) is 11.5 Å². The minimum atomic E-state index is -0.848. The molecule has 0 radical (unpaired) electrons. The fraction of sp³-hybridized carbons (Fsp3) is 0.167. The van der Waals surface area contributed by atoms with Crippen molar-refractivity contribution in [2.75, 3.05) is 14.2 Å². The van der Waals surface area contributed by atoms with Gasteiger partial charge in [-0.2, -0.15) is 0 Å². The average molecular weight is 466 g/mol. The van der Waals surface area contributed by atoms with Gasteiger partial charge >= 0.3 is 0 Å². The standard InChI is InChI=1S/C24H20ClN3O5/c1-32-18-11-19(33-2)17(25)10-16(18)22(29)20-21(15-5-8-26-9-6-15)28(24(31)23(20)30)13-14-4-3-7-27-12-14/h3-12,21,29H,13H2,1-2H3/b22-20+. The molecule has 33 heavy (non-hydrogen) atoms. The topological polar surface area (TPSA) is 102 Å². The molecular formula is C24H20ClN3O5. The van der Waals surface area contributed by atoms with Crippen LogP contribution in [-0.2, 0) is 16.1 Å². The number of Topliss-reactive ketones (excluding diaryl/α,β-unsaturated/α-hetero) is 1. The van der Waals surface area contributed by atoms with Crippen molar-refractivity contribution in [3.63, 3.8) is 0 Å². The highest BCUT2D eigenvalue weighted by atomic mass is 35.5. The number of aromatic nitrogens is 2. The minimum Gasteiger partial charge on any atom is -0.507 e. The highest BCUT2D eigenvalue weighted by Gasteiger charge is 2.46. The molecule has 4 rings (SSSR count). The largest absolute Gasteiger partial charge is 0.507 e. The maximum absolute atomic E-state index is 13.2. The predicted molar refractivity (Wildman–Crippen MR) is 121 cm³/mol. The number of rotatable bonds is 6. The number of aliphatic hydroxyl groups is 1. The third kappa shape index (κ3) is 4.12. The number of ketones is 1. The summed E-state index contributed by atoms with van der Waals surface area (Å²) in [6, 6.07) is 9.03. The smallest absolute Gasteiger partial charge is 0.295 e. The summed E-state index contributed by atoms with van der Waals surface area (Å²) in [4.78, 5) is 35.8. The van der Waals surface area contributed by atoms with Crippen LogP contribution < -0.4 is 9.47 Å². The number of carbonyl (C=O) groups is 2. The molecule has 0 spiro atoms. The molecule has 168 valence electrons. The van der Waals surface area contributed by atoms with Gasteiger partial charge in [-0.15, -0.1) is 0 Å². The molecule has 1 fully saturated rings. The maximum atomic E-state index is 13.2. The van der Waals surface area contributed by atoms with E-state index in [-0.39, 0.29) is 28.5 Å². The zero-order valence-electron chi connectivity index (χ0n) is 17.9. The first-order valence-electron chi connectivity index (χ1n) is 9.95. The molecule has 3 aromatic rings. The molecule has 1 aliphatic heterocycles. The van der Waals surface area contributed by atoms with Gasteiger partial charge in [-0.25, -0.2) is 0 Å². The van der Waals surface area contributed by atoms with Gasteiger partial charge in [0.15, 0.2) is 0 Å². The second kappa shape index (κ2) is 9.30. The van der Waals surface area contributed by atoms with Crippen molar-refractivity contribution in [2.24, 2.45) is 0 Å². The molecule has 1 N–H and O–H groups in total. The summed E-state index contributed by atoms with van der Waals surface area (Å²) in [5.41, 5.74) is 1.45. The van der Waals surface area contributed by atoms with E-state index in [4.69, 9.17) is 21.1 Å². The number of pyridine rings is 2. The Morgan fingerprint density at radius 1 is 1.06 bits per heavy atom. The molecule has 2 aromatic heterocycles. The van der Waals surface area contributed by atoms with E-state index >= 15 is 0 Å². The Labute approximate surface area is 195 Å². The van der Waals surface area contributed by atoms with Gasteiger partial charge in [-0.1, -0.05) is 17.7 Å². The Kier molecular flexibility index (Phi) is 6.28. The van der Waals surface area contributed by atoms with Gasteiger partial charge in [0.1, 0.15) is 17.3 Å². The van der Waals surface area contributed by atoms with E-state index < -0.39 is 23.5 Å². The number of nitrogens with zero attached hydrogens (tertiary/aromatic N) is 3. The lowest BCUT2D eigenvalue weighted by Crippen LogP contribution is -2.29. The fourth-order valence-corrected chi connectivity index (χ4v) is 4.05. The summed E-state index contributed by atoms with van der Waals surface area (Å²) >= 11 is 6.27. The van der Waals surface area contributed by atoms with Crippen LogP contribution >= 0.6 is 11.6 Å². The minimum absolute atomic E-state index is 0.0744. The summed E-state index contributed by atoms with van der Waals surface area (Å²) in [5, 5.41) is 11.5. The van der Waals surface area contributed by atoms with Gasteiger partial charge in [0.25, 0.3) is 11.7 Å². The second-order valence-corrected chi connectivity index (χ2v) is 7.66. The van der Waals surface area contributed by atoms with Crippen molar-refractivity contribution in [2.45, 2.75) is 12.6 Å². The number of benzene rings is 1. The number of ether oxygens (including phenoxy) is 2. The van der Waals surface area contributed by atoms with E-state index in [2.05, 4.69) is 9.97 Å². The number of amides is 1. The Balaban J connectivity index is 1.90. The number of aliphatic hydroxyl groups excluding tert-OH is 1. The van der Waals surface area contributed by atoms with Gasteiger partial charge in [0, 0.05) is 37.4 Å². The average Bonchev–Trinajstić information content (AvgIpc) is 3.09. The Morgan fingerprint density at radius 2 is 1.79 bits per heavy atom. The Hall–Kier alpha value is -3.91. The van der Waals surface area contributed by atoms with Crippen LogP contribution in [0.15, 0.2) is 66.8 Å². The third-order valence-corrected chi connectivity index (χ3v) is 5.66. The first-order chi connectivity index (χ1) is 16.0. The quantitative estimate of drug-likeness (QED) is 0.336. The first kappa shape index (κ1) is 22.3. The molecule has 1 aromatic carbocycles. The third-order valence-electron chi connectivity index (χ3n) is 5.37. The molecule has 0 bridgehead atoms. The van der Waals surface area contributed by atoms with Crippen LogP contribution in [0.1, 0.15) is 22.7 Å². The van der Waals surface area contributed by atoms with Crippen LogP contribution in [0.4, 0.5) is 0 Å². The molecule has 3 heterocycles. The van der Waals surface area contributed by atoms with Crippen molar-refractivity contribution >= 4 is 29.1 Å². The normalized spacial score (nSPS) is 17.3. The lowest BCUT2D eigenvalue weighted by molar-refractivity contribution is -0.140. The maximum Gasteiger partial charge on any atom is 0.295 e. The van der Waals surface area contributed by atoms with Crippen molar-refractivity contribution in [3.05, 3.63) is 88.5 Å². The number of hydrogen-bond acceptors (Lipinski definition) is 7. The molecule has 9 heteroatoms.